The van der Waals surface area contributed by atoms with Crippen LogP contribution in [0.15, 0.2) is 41.0 Å². The van der Waals surface area contributed by atoms with Gasteiger partial charge in [0.05, 0.1) is 11.3 Å². The van der Waals surface area contributed by atoms with Gasteiger partial charge in [-0.25, -0.2) is 4.79 Å². The van der Waals surface area contributed by atoms with Crippen LogP contribution in [-0.4, -0.2) is 16.1 Å². The van der Waals surface area contributed by atoms with Gasteiger partial charge in [0, 0.05) is 10.7 Å². The molecule has 2 aromatic rings. The van der Waals surface area contributed by atoms with Crippen LogP contribution in [0.5, 0.6) is 5.75 Å². The van der Waals surface area contributed by atoms with Crippen LogP contribution in [-0.2, 0) is 6.61 Å². The Hall–Kier alpha value is -1.88. The Bertz CT molecular complexity index is 596. The van der Waals surface area contributed by atoms with Crippen molar-refractivity contribution in [1.29, 1.82) is 0 Å². The predicted molar refractivity (Wildman–Crippen MR) is 74.4 cm³/mol. The molecule has 0 amide bonds. The average Bonchev–Trinajstić information content (AvgIpc) is 2.40. The van der Waals surface area contributed by atoms with Crippen LogP contribution in [0.25, 0.3) is 0 Å². The molecule has 0 aliphatic rings. The fourth-order valence-electron chi connectivity index (χ4n) is 1.52. The molecule has 5 heteroatoms. The molecule has 0 spiro atoms. The molecule has 0 unspecified atom stereocenters. The van der Waals surface area contributed by atoms with Crippen molar-refractivity contribution in [2.75, 3.05) is 0 Å². The molecule has 0 radical (unpaired) electrons. The van der Waals surface area contributed by atoms with Crippen LogP contribution in [0.1, 0.15) is 21.6 Å². The number of rotatable bonds is 4. The maximum absolute atomic E-state index is 10.7. The van der Waals surface area contributed by atoms with Gasteiger partial charge in [-0.05, 0) is 36.8 Å². The number of pyridine rings is 1. The summed E-state index contributed by atoms with van der Waals surface area (Å²) in [6.07, 6.45) is 1.33. The second-order valence-corrected chi connectivity index (χ2v) is 4.96. The van der Waals surface area contributed by atoms with Gasteiger partial charge in [-0.3, -0.25) is 4.98 Å². The number of carbonyl (C=O) groups is 1. The summed E-state index contributed by atoms with van der Waals surface area (Å²) in [6, 6.07) is 8.96. The van der Waals surface area contributed by atoms with Crippen molar-refractivity contribution in [3.05, 3.63) is 57.8 Å². The van der Waals surface area contributed by atoms with Crippen molar-refractivity contribution in [3.8, 4) is 5.75 Å². The lowest BCUT2D eigenvalue weighted by Gasteiger charge is -2.09. The highest BCUT2D eigenvalue weighted by molar-refractivity contribution is 9.10. The summed E-state index contributed by atoms with van der Waals surface area (Å²) in [5.74, 6) is -0.207. The van der Waals surface area contributed by atoms with Gasteiger partial charge < -0.3 is 9.84 Å². The normalized spacial score (nSPS) is 10.2. The largest absolute Gasteiger partial charge is 0.487 e. The summed E-state index contributed by atoms with van der Waals surface area (Å²) in [5, 5.41) is 8.77. The van der Waals surface area contributed by atoms with E-state index in [0.717, 1.165) is 15.8 Å². The number of aromatic carboxylic acids is 1. The van der Waals surface area contributed by atoms with Crippen LogP contribution in [0.3, 0.4) is 0 Å². The van der Waals surface area contributed by atoms with E-state index >= 15 is 0 Å². The number of halogens is 1. The molecule has 1 N–H and O–H groups in total. The lowest BCUT2D eigenvalue weighted by Crippen LogP contribution is -2.02. The molecule has 2 rings (SSSR count). The molecule has 0 aliphatic carbocycles. The SMILES string of the molecule is Cc1ccc(Br)cc1OCc1ccc(C(=O)O)cn1. The smallest absolute Gasteiger partial charge is 0.337 e. The summed E-state index contributed by atoms with van der Waals surface area (Å²) in [5.41, 5.74) is 1.89. The molecule has 0 saturated heterocycles. The molecule has 1 aromatic carbocycles. The molecule has 0 aliphatic heterocycles. The Kier molecular flexibility index (Phi) is 4.16. The highest BCUT2D eigenvalue weighted by Crippen LogP contribution is 2.23. The van der Waals surface area contributed by atoms with Gasteiger partial charge in [-0.15, -0.1) is 0 Å². The third-order valence-electron chi connectivity index (χ3n) is 2.60. The summed E-state index contributed by atoms with van der Waals surface area (Å²) in [6.45, 7) is 2.26. The second kappa shape index (κ2) is 5.84. The minimum absolute atomic E-state index is 0.169. The zero-order valence-corrected chi connectivity index (χ0v) is 11.8. The number of carboxylic acids is 1. The van der Waals surface area contributed by atoms with Crippen molar-refractivity contribution >= 4 is 21.9 Å². The quantitative estimate of drug-likeness (QED) is 0.937. The molecule has 1 aromatic heterocycles. The number of hydrogen-bond donors (Lipinski definition) is 1. The molecular formula is C14H12BrNO3. The number of ether oxygens (including phenoxy) is 1. The number of carboxylic acid groups (broad SMARTS) is 1. The van der Waals surface area contributed by atoms with E-state index in [1.807, 2.05) is 25.1 Å². The predicted octanol–water partition coefficient (Wildman–Crippen LogP) is 3.43. The molecular weight excluding hydrogens is 310 g/mol. The molecule has 0 saturated carbocycles. The molecule has 0 fully saturated rings. The molecule has 0 bridgehead atoms. The maximum atomic E-state index is 10.7. The van der Waals surface area contributed by atoms with E-state index in [-0.39, 0.29) is 5.56 Å². The van der Waals surface area contributed by atoms with Gasteiger partial charge in [0.1, 0.15) is 12.4 Å². The maximum Gasteiger partial charge on any atom is 0.337 e. The highest BCUT2D eigenvalue weighted by atomic mass is 79.9. The molecule has 1 heterocycles. The zero-order chi connectivity index (χ0) is 13.8. The first-order chi connectivity index (χ1) is 9.06. The number of aryl methyl sites for hydroxylation is 1. The third-order valence-corrected chi connectivity index (χ3v) is 3.09. The molecule has 4 nitrogen and oxygen atoms in total. The van der Waals surface area contributed by atoms with E-state index in [2.05, 4.69) is 20.9 Å². The lowest BCUT2D eigenvalue weighted by atomic mass is 10.2. The Morgan fingerprint density at radius 2 is 2.16 bits per heavy atom. The highest BCUT2D eigenvalue weighted by Gasteiger charge is 2.05. The lowest BCUT2D eigenvalue weighted by molar-refractivity contribution is 0.0696. The fraction of sp³-hybridized carbons (Fsp3) is 0.143. The van der Waals surface area contributed by atoms with Gasteiger partial charge >= 0.3 is 5.97 Å². The number of aromatic nitrogens is 1. The van der Waals surface area contributed by atoms with Crippen molar-refractivity contribution in [2.24, 2.45) is 0 Å². The Labute approximate surface area is 119 Å². The summed E-state index contributed by atoms with van der Waals surface area (Å²) < 4.78 is 6.61. The van der Waals surface area contributed by atoms with Gasteiger partial charge in [-0.1, -0.05) is 22.0 Å². The third kappa shape index (κ3) is 3.54. The van der Waals surface area contributed by atoms with Gasteiger partial charge in [0.2, 0.25) is 0 Å². The Morgan fingerprint density at radius 1 is 1.37 bits per heavy atom. The van der Waals surface area contributed by atoms with Gasteiger partial charge in [0.15, 0.2) is 0 Å². The first kappa shape index (κ1) is 13.5. The first-order valence-electron chi connectivity index (χ1n) is 5.63. The van der Waals surface area contributed by atoms with E-state index in [1.165, 1.54) is 12.3 Å². The van der Waals surface area contributed by atoms with Crippen LogP contribution in [0, 0.1) is 6.92 Å². The van der Waals surface area contributed by atoms with E-state index in [9.17, 15) is 4.79 Å². The summed E-state index contributed by atoms with van der Waals surface area (Å²) in [4.78, 5) is 14.7. The Balaban J connectivity index is 2.06. The van der Waals surface area contributed by atoms with Crippen molar-refractivity contribution < 1.29 is 14.6 Å². The van der Waals surface area contributed by atoms with E-state index in [0.29, 0.717) is 12.3 Å². The second-order valence-electron chi connectivity index (χ2n) is 4.04. The van der Waals surface area contributed by atoms with Crippen LogP contribution in [0.2, 0.25) is 0 Å². The first-order valence-corrected chi connectivity index (χ1v) is 6.43. The molecule has 19 heavy (non-hydrogen) atoms. The standard InChI is InChI=1S/C14H12BrNO3/c1-9-2-4-11(15)6-13(9)19-8-12-5-3-10(7-16-12)14(17)18/h2-7H,8H2,1H3,(H,17,18). The number of nitrogens with zero attached hydrogens (tertiary/aromatic N) is 1. The van der Waals surface area contributed by atoms with Crippen LogP contribution >= 0.6 is 15.9 Å². The molecule has 0 atom stereocenters. The van der Waals surface area contributed by atoms with Gasteiger partial charge in [0.25, 0.3) is 0 Å². The van der Waals surface area contributed by atoms with Crippen LogP contribution < -0.4 is 4.74 Å². The zero-order valence-electron chi connectivity index (χ0n) is 10.3. The molecule has 98 valence electrons. The topological polar surface area (TPSA) is 59.4 Å². The fourth-order valence-corrected chi connectivity index (χ4v) is 1.86. The van der Waals surface area contributed by atoms with E-state index < -0.39 is 5.97 Å². The van der Waals surface area contributed by atoms with Gasteiger partial charge in [-0.2, -0.15) is 0 Å². The average molecular weight is 322 g/mol. The minimum atomic E-state index is -0.984. The number of hydrogen-bond acceptors (Lipinski definition) is 3. The van der Waals surface area contributed by atoms with Crippen LogP contribution in [0.4, 0.5) is 0 Å². The van der Waals surface area contributed by atoms with Crippen molar-refractivity contribution in [3.63, 3.8) is 0 Å². The monoisotopic (exact) mass is 321 g/mol. The van der Waals surface area contributed by atoms with E-state index in [1.54, 1.807) is 6.07 Å². The minimum Gasteiger partial charge on any atom is -0.487 e. The summed E-state index contributed by atoms with van der Waals surface area (Å²) >= 11 is 3.39. The summed E-state index contributed by atoms with van der Waals surface area (Å²) in [7, 11) is 0. The Morgan fingerprint density at radius 3 is 2.79 bits per heavy atom. The number of benzene rings is 1. The van der Waals surface area contributed by atoms with Crippen molar-refractivity contribution in [1.82, 2.24) is 4.98 Å². The van der Waals surface area contributed by atoms with E-state index in [4.69, 9.17) is 9.84 Å². The van der Waals surface area contributed by atoms with Crippen molar-refractivity contribution in [2.45, 2.75) is 13.5 Å².